The zero-order valence-corrected chi connectivity index (χ0v) is 14.2. The summed E-state index contributed by atoms with van der Waals surface area (Å²) in [4.78, 5) is 9.51. The molecule has 0 aliphatic carbocycles. The van der Waals surface area contributed by atoms with Crippen LogP contribution in [0.1, 0.15) is 11.3 Å². The number of sulfonamides is 1. The quantitative estimate of drug-likeness (QED) is 0.752. The monoisotopic (exact) mass is 382 g/mol. The largest absolute Gasteiger partial charge is 0.434 e. The summed E-state index contributed by atoms with van der Waals surface area (Å²) in [6.45, 7) is 1.73. The SMILES string of the molecule is Cc1ccnc(-c2nc(C(F)(F)F)cn2NS(=O)(=O)c2ccccc2)c1. The lowest BCUT2D eigenvalue weighted by atomic mass is 10.2. The Morgan fingerprint density at radius 2 is 1.81 bits per heavy atom. The predicted octanol–water partition coefficient (Wildman–Crippen LogP) is 3.20. The van der Waals surface area contributed by atoms with Crippen LogP contribution in [0.3, 0.4) is 0 Å². The molecule has 1 aromatic carbocycles. The van der Waals surface area contributed by atoms with E-state index in [1.54, 1.807) is 19.1 Å². The van der Waals surface area contributed by atoms with Gasteiger partial charge in [0, 0.05) is 6.20 Å². The van der Waals surface area contributed by atoms with Crippen molar-refractivity contribution < 1.29 is 21.6 Å². The second kappa shape index (κ2) is 6.45. The molecule has 0 bridgehead atoms. The third-order valence-corrected chi connectivity index (χ3v) is 4.74. The molecule has 0 amide bonds. The minimum Gasteiger partial charge on any atom is -0.253 e. The minimum absolute atomic E-state index is 0.0922. The van der Waals surface area contributed by atoms with Crippen LogP contribution in [0.4, 0.5) is 13.2 Å². The van der Waals surface area contributed by atoms with Crippen LogP contribution in [-0.2, 0) is 16.2 Å². The van der Waals surface area contributed by atoms with Gasteiger partial charge in [-0.2, -0.15) is 21.6 Å². The van der Waals surface area contributed by atoms with Crippen LogP contribution >= 0.6 is 0 Å². The molecule has 0 radical (unpaired) electrons. The Morgan fingerprint density at radius 1 is 1.12 bits per heavy atom. The maximum atomic E-state index is 13.1. The molecule has 2 heterocycles. The topological polar surface area (TPSA) is 76.9 Å². The van der Waals surface area contributed by atoms with Crippen molar-refractivity contribution in [3.8, 4) is 11.5 Å². The third kappa shape index (κ3) is 3.69. The van der Waals surface area contributed by atoms with Crippen LogP contribution in [-0.4, -0.2) is 23.1 Å². The molecule has 6 nitrogen and oxygen atoms in total. The molecule has 0 fully saturated rings. The first-order valence-electron chi connectivity index (χ1n) is 7.34. The van der Waals surface area contributed by atoms with Gasteiger partial charge >= 0.3 is 6.18 Å². The average Bonchev–Trinajstić information content (AvgIpc) is 2.99. The molecule has 2 aromatic heterocycles. The van der Waals surface area contributed by atoms with E-state index in [0.717, 1.165) is 5.56 Å². The van der Waals surface area contributed by atoms with E-state index in [2.05, 4.69) is 14.8 Å². The lowest BCUT2D eigenvalue weighted by molar-refractivity contribution is -0.140. The summed E-state index contributed by atoms with van der Waals surface area (Å²) in [6, 6.07) is 10.5. The number of rotatable bonds is 4. The van der Waals surface area contributed by atoms with Crippen LogP contribution in [0.25, 0.3) is 11.5 Å². The summed E-state index contributed by atoms with van der Waals surface area (Å²) < 4.78 is 64.8. The van der Waals surface area contributed by atoms with E-state index in [9.17, 15) is 21.6 Å². The molecule has 0 saturated heterocycles. The molecule has 0 aliphatic heterocycles. The smallest absolute Gasteiger partial charge is 0.253 e. The molecule has 0 unspecified atom stereocenters. The number of alkyl halides is 3. The summed E-state index contributed by atoms with van der Waals surface area (Å²) in [7, 11) is -4.11. The van der Waals surface area contributed by atoms with Crippen molar-refractivity contribution in [3.63, 3.8) is 0 Å². The van der Waals surface area contributed by atoms with E-state index in [-0.39, 0.29) is 16.4 Å². The molecular formula is C16H13F3N4O2S. The second-order valence-corrected chi connectivity index (χ2v) is 7.10. The first-order chi connectivity index (χ1) is 12.2. The first-order valence-corrected chi connectivity index (χ1v) is 8.82. The second-order valence-electron chi connectivity index (χ2n) is 5.44. The van der Waals surface area contributed by atoms with Gasteiger partial charge in [0.2, 0.25) is 0 Å². The van der Waals surface area contributed by atoms with E-state index in [0.29, 0.717) is 10.9 Å². The van der Waals surface area contributed by atoms with Crippen molar-refractivity contribution in [3.05, 3.63) is 66.1 Å². The Labute approximate surface area is 147 Å². The van der Waals surface area contributed by atoms with Gasteiger partial charge in [-0.1, -0.05) is 18.2 Å². The highest BCUT2D eigenvalue weighted by molar-refractivity contribution is 7.92. The maximum absolute atomic E-state index is 13.1. The fraction of sp³-hybridized carbons (Fsp3) is 0.125. The van der Waals surface area contributed by atoms with Gasteiger partial charge in [-0.25, -0.2) is 14.5 Å². The van der Waals surface area contributed by atoms with Crippen molar-refractivity contribution in [2.24, 2.45) is 0 Å². The Morgan fingerprint density at radius 3 is 2.42 bits per heavy atom. The third-order valence-electron chi connectivity index (χ3n) is 3.41. The van der Waals surface area contributed by atoms with E-state index < -0.39 is 21.9 Å². The summed E-state index contributed by atoms with van der Waals surface area (Å²) in [6.07, 6.45) is -2.75. The van der Waals surface area contributed by atoms with Gasteiger partial charge in [0.15, 0.2) is 11.5 Å². The highest BCUT2D eigenvalue weighted by Gasteiger charge is 2.35. The molecule has 0 saturated carbocycles. The highest BCUT2D eigenvalue weighted by atomic mass is 32.2. The Kier molecular flexibility index (Phi) is 4.45. The number of nitrogens with one attached hydrogen (secondary N) is 1. The number of aryl methyl sites for hydroxylation is 1. The number of imidazole rings is 1. The Balaban J connectivity index is 2.10. The molecule has 3 aromatic rings. The van der Waals surface area contributed by atoms with Gasteiger partial charge in [0.25, 0.3) is 10.0 Å². The number of halogens is 3. The predicted molar refractivity (Wildman–Crippen MR) is 88.2 cm³/mol. The molecule has 0 spiro atoms. The summed E-state index contributed by atoms with van der Waals surface area (Å²) in [5.74, 6) is -0.263. The van der Waals surface area contributed by atoms with Crippen molar-refractivity contribution in [2.45, 2.75) is 18.0 Å². The number of nitrogens with zero attached hydrogens (tertiary/aromatic N) is 3. The van der Waals surface area contributed by atoms with Crippen molar-refractivity contribution in [1.82, 2.24) is 14.6 Å². The van der Waals surface area contributed by atoms with E-state index >= 15 is 0 Å². The number of hydrogen-bond acceptors (Lipinski definition) is 4. The molecule has 1 N–H and O–H groups in total. The Bertz CT molecular complexity index is 1030. The van der Waals surface area contributed by atoms with Gasteiger partial charge in [-0.05, 0) is 36.8 Å². The fourth-order valence-corrected chi connectivity index (χ4v) is 3.23. The Hall–Kier alpha value is -2.88. The molecule has 136 valence electrons. The van der Waals surface area contributed by atoms with Crippen molar-refractivity contribution >= 4 is 10.0 Å². The molecule has 0 atom stereocenters. The normalized spacial score (nSPS) is 12.2. The summed E-state index contributed by atoms with van der Waals surface area (Å²) >= 11 is 0. The van der Waals surface area contributed by atoms with Crippen LogP contribution in [0.2, 0.25) is 0 Å². The lowest BCUT2D eigenvalue weighted by Crippen LogP contribution is -2.23. The van der Waals surface area contributed by atoms with E-state index in [1.165, 1.54) is 36.5 Å². The van der Waals surface area contributed by atoms with Crippen molar-refractivity contribution in [2.75, 3.05) is 4.83 Å². The van der Waals surface area contributed by atoms with Crippen LogP contribution in [0.15, 0.2) is 59.8 Å². The summed E-state index contributed by atoms with van der Waals surface area (Å²) in [5, 5.41) is 0. The molecule has 0 aliphatic rings. The van der Waals surface area contributed by atoms with Gasteiger partial charge in [-0.15, -0.1) is 0 Å². The standard InChI is InChI=1S/C16H13F3N4O2S/c1-11-7-8-20-13(9-11)15-21-14(16(17,18)19)10-23(15)22-26(24,25)12-5-3-2-4-6-12/h2-10,22H,1H3. The van der Waals surface area contributed by atoms with E-state index in [4.69, 9.17) is 0 Å². The molecule has 10 heteroatoms. The molecule has 3 rings (SSSR count). The fourth-order valence-electron chi connectivity index (χ4n) is 2.21. The lowest BCUT2D eigenvalue weighted by Gasteiger charge is -2.11. The zero-order chi connectivity index (χ0) is 18.9. The van der Waals surface area contributed by atoms with Gasteiger partial charge in [0.05, 0.1) is 11.1 Å². The molecule has 26 heavy (non-hydrogen) atoms. The minimum atomic E-state index is -4.73. The van der Waals surface area contributed by atoms with Gasteiger partial charge < -0.3 is 0 Å². The number of benzene rings is 1. The summed E-state index contributed by atoms with van der Waals surface area (Å²) in [5.41, 5.74) is -0.383. The average molecular weight is 382 g/mol. The van der Waals surface area contributed by atoms with Crippen LogP contribution in [0, 0.1) is 6.92 Å². The number of pyridine rings is 1. The maximum Gasteiger partial charge on any atom is 0.434 e. The van der Waals surface area contributed by atoms with E-state index in [1.807, 2.05) is 0 Å². The van der Waals surface area contributed by atoms with Gasteiger partial charge in [-0.3, -0.25) is 4.98 Å². The van der Waals surface area contributed by atoms with Crippen LogP contribution in [0.5, 0.6) is 0 Å². The number of aromatic nitrogens is 3. The first kappa shape index (κ1) is 17.9. The van der Waals surface area contributed by atoms with Crippen LogP contribution < -0.4 is 4.83 Å². The zero-order valence-electron chi connectivity index (χ0n) is 13.4. The molecular weight excluding hydrogens is 369 g/mol. The van der Waals surface area contributed by atoms with Gasteiger partial charge in [0.1, 0.15) is 5.69 Å². The highest BCUT2D eigenvalue weighted by Crippen LogP contribution is 2.30. The number of hydrogen-bond donors (Lipinski definition) is 1. The van der Waals surface area contributed by atoms with Crippen molar-refractivity contribution in [1.29, 1.82) is 0 Å².